The van der Waals surface area contributed by atoms with Crippen LogP contribution in [0.5, 0.6) is 0 Å². The number of carbonyl (C=O) groups excluding carboxylic acids is 3. The highest BCUT2D eigenvalue weighted by molar-refractivity contribution is 6.33. The molecule has 1 aliphatic heterocycles. The molecule has 3 amide bonds. The first-order chi connectivity index (χ1) is 12.4. The first-order valence-electron chi connectivity index (χ1n) is 7.57. The van der Waals surface area contributed by atoms with Crippen LogP contribution in [0.15, 0.2) is 42.5 Å². The molecular formula is C17H12ClN3O5. The second kappa shape index (κ2) is 6.93. The summed E-state index contributed by atoms with van der Waals surface area (Å²) in [5, 5.41) is 13.4. The SMILES string of the molecule is O=C(CCN1C(=O)c2ccccc2C1=O)Nc1cc([N+](=O)[O-])ccc1Cl. The third kappa shape index (κ3) is 3.27. The summed E-state index contributed by atoms with van der Waals surface area (Å²) in [6.07, 6.45) is -0.162. The Balaban J connectivity index is 1.66. The average Bonchev–Trinajstić information content (AvgIpc) is 2.86. The molecule has 8 nitrogen and oxygen atoms in total. The molecule has 1 heterocycles. The number of halogens is 1. The standard InChI is InChI=1S/C17H12ClN3O5/c18-13-6-5-10(21(25)26)9-14(13)19-15(22)7-8-20-16(23)11-3-1-2-4-12(11)17(20)24/h1-6,9H,7-8H2,(H,19,22). The van der Waals surface area contributed by atoms with Crippen molar-refractivity contribution in [1.29, 1.82) is 0 Å². The van der Waals surface area contributed by atoms with Crippen molar-refractivity contribution >= 4 is 40.7 Å². The van der Waals surface area contributed by atoms with Crippen LogP contribution < -0.4 is 5.32 Å². The molecule has 2 aromatic carbocycles. The molecule has 0 saturated heterocycles. The number of benzene rings is 2. The normalized spacial score (nSPS) is 12.9. The first-order valence-corrected chi connectivity index (χ1v) is 7.95. The van der Waals surface area contributed by atoms with Crippen molar-refractivity contribution in [3.63, 3.8) is 0 Å². The average molecular weight is 374 g/mol. The number of amides is 3. The topological polar surface area (TPSA) is 110 Å². The van der Waals surface area contributed by atoms with E-state index in [-0.39, 0.29) is 29.4 Å². The fourth-order valence-corrected chi connectivity index (χ4v) is 2.76. The van der Waals surface area contributed by atoms with Crippen LogP contribution in [0.1, 0.15) is 27.1 Å². The van der Waals surface area contributed by atoms with Crippen molar-refractivity contribution in [3.8, 4) is 0 Å². The number of nitro benzene ring substituents is 1. The van der Waals surface area contributed by atoms with Crippen LogP contribution in [-0.4, -0.2) is 34.1 Å². The van der Waals surface area contributed by atoms with E-state index in [0.717, 1.165) is 11.0 Å². The minimum atomic E-state index is -0.606. The molecule has 0 radical (unpaired) electrons. The first kappa shape index (κ1) is 17.6. The van der Waals surface area contributed by atoms with Crippen molar-refractivity contribution < 1.29 is 19.3 Å². The summed E-state index contributed by atoms with van der Waals surface area (Å²) < 4.78 is 0. The van der Waals surface area contributed by atoms with Gasteiger partial charge in [-0.3, -0.25) is 29.4 Å². The maximum atomic E-state index is 12.2. The lowest BCUT2D eigenvalue weighted by molar-refractivity contribution is -0.384. The van der Waals surface area contributed by atoms with Gasteiger partial charge in [0.1, 0.15) is 0 Å². The summed E-state index contributed by atoms with van der Waals surface area (Å²) in [5.41, 5.74) is 0.484. The Kier molecular flexibility index (Phi) is 4.68. The van der Waals surface area contributed by atoms with E-state index >= 15 is 0 Å². The van der Waals surface area contributed by atoms with Gasteiger partial charge in [0.25, 0.3) is 17.5 Å². The van der Waals surface area contributed by atoms with Crippen molar-refractivity contribution in [1.82, 2.24) is 4.90 Å². The quantitative estimate of drug-likeness (QED) is 0.492. The van der Waals surface area contributed by atoms with Gasteiger partial charge in [-0.25, -0.2) is 0 Å². The summed E-state index contributed by atoms with van der Waals surface area (Å²) in [6.45, 7) is -0.106. The molecule has 1 aliphatic rings. The van der Waals surface area contributed by atoms with E-state index in [1.54, 1.807) is 24.3 Å². The zero-order chi connectivity index (χ0) is 18.8. The molecule has 0 fully saturated rings. The largest absolute Gasteiger partial charge is 0.325 e. The maximum Gasteiger partial charge on any atom is 0.271 e. The Morgan fingerprint density at radius 3 is 2.31 bits per heavy atom. The van der Waals surface area contributed by atoms with E-state index in [1.807, 2.05) is 0 Å². The predicted molar refractivity (Wildman–Crippen MR) is 93.2 cm³/mol. The van der Waals surface area contributed by atoms with Crippen LogP contribution in [0.2, 0.25) is 5.02 Å². The molecule has 0 atom stereocenters. The van der Waals surface area contributed by atoms with Crippen molar-refractivity contribution in [2.75, 3.05) is 11.9 Å². The fraction of sp³-hybridized carbons (Fsp3) is 0.118. The predicted octanol–water partition coefficient (Wildman–Crippen LogP) is 2.87. The molecule has 0 aliphatic carbocycles. The summed E-state index contributed by atoms with van der Waals surface area (Å²) in [4.78, 5) is 47.7. The molecular weight excluding hydrogens is 362 g/mol. The number of hydrogen-bond acceptors (Lipinski definition) is 5. The lowest BCUT2D eigenvalue weighted by atomic mass is 10.1. The van der Waals surface area contributed by atoms with Gasteiger partial charge < -0.3 is 5.32 Å². The molecule has 0 unspecified atom stereocenters. The Morgan fingerprint density at radius 2 is 1.73 bits per heavy atom. The summed E-state index contributed by atoms with van der Waals surface area (Å²) in [5.74, 6) is -1.43. The van der Waals surface area contributed by atoms with E-state index in [1.165, 1.54) is 12.1 Å². The van der Waals surface area contributed by atoms with Gasteiger partial charge in [-0.1, -0.05) is 23.7 Å². The van der Waals surface area contributed by atoms with Gasteiger partial charge in [0.2, 0.25) is 5.91 Å². The van der Waals surface area contributed by atoms with E-state index in [9.17, 15) is 24.5 Å². The molecule has 0 bridgehead atoms. The van der Waals surface area contributed by atoms with Crippen LogP contribution in [0.25, 0.3) is 0 Å². The number of nitrogens with one attached hydrogen (secondary N) is 1. The minimum absolute atomic E-state index is 0.0910. The maximum absolute atomic E-state index is 12.2. The molecule has 9 heteroatoms. The van der Waals surface area contributed by atoms with Gasteiger partial charge in [-0.05, 0) is 18.2 Å². The fourth-order valence-electron chi connectivity index (χ4n) is 2.59. The van der Waals surface area contributed by atoms with Gasteiger partial charge in [0.05, 0.1) is 26.8 Å². The number of rotatable bonds is 5. The van der Waals surface area contributed by atoms with Crippen molar-refractivity contribution in [2.45, 2.75) is 6.42 Å². The Hall–Kier alpha value is -3.26. The summed E-state index contributed by atoms with van der Waals surface area (Å²) in [6, 6.07) is 10.1. The van der Waals surface area contributed by atoms with E-state index in [2.05, 4.69) is 5.32 Å². The Labute approximate surface area is 152 Å². The highest BCUT2D eigenvalue weighted by Gasteiger charge is 2.34. The second-order valence-corrected chi connectivity index (χ2v) is 5.93. The number of carbonyl (C=O) groups is 3. The van der Waals surface area contributed by atoms with Gasteiger partial charge >= 0.3 is 0 Å². The highest BCUT2D eigenvalue weighted by Crippen LogP contribution is 2.27. The number of anilines is 1. The zero-order valence-electron chi connectivity index (χ0n) is 13.3. The third-order valence-electron chi connectivity index (χ3n) is 3.88. The Bertz CT molecular complexity index is 909. The van der Waals surface area contributed by atoms with Crippen molar-refractivity contribution in [2.24, 2.45) is 0 Å². The highest BCUT2D eigenvalue weighted by atomic mass is 35.5. The third-order valence-corrected chi connectivity index (χ3v) is 4.21. The van der Waals surface area contributed by atoms with Crippen LogP contribution >= 0.6 is 11.6 Å². The summed E-state index contributed by atoms with van der Waals surface area (Å²) >= 11 is 5.92. The molecule has 0 spiro atoms. The van der Waals surface area contributed by atoms with E-state index in [4.69, 9.17) is 11.6 Å². The molecule has 2 aromatic rings. The van der Waals surface area contributed by atoms with Gasteiger partial charge in [-0.15, -0.1) is 0 Å². The zero-order valence-corrected chi connectivity index (χ0v) is 14.0. The Morgan fingerprint density at radius 1 is 1.12 bits per heavy atom. The lowest BCUT2D eigenvalue weighted by Gasteiger charge is -2.13. The molecule has 132 valence electrons. The molecule has 3 rings (SSSR count). The monoisotopic (exact) mass is 373 g/mol. The second-order valence-electron chi connectivity index (χ2n) is 5.53. The van der Waals surface area contributed by atoms with E-state index < -0.39 is 22.6 Å². The van der Waals surface area contributed by atoms with Gasteiger partial charge in [0, 0.05) is 25.1 Å². The number of non-ortho nitro benzene ring substituents is 1. The van der Waals surface area contributed by atoms with Gasteiger partial charge in [0.15, 0.2) is 0 Å². The van der Waals surface area contributed by atoms with Crippen LogP contribution in [0.3, 0.4) is 0 Å². The number of fused-ring (bicyclic) bond motifs is 1. The van der Waals surface area contributed by atoms with Crippen LogP contribution in [-0.2, 0) is 4.79 Å². The number of hydrogen-bond donors (Lipinski definition) is 1. The van der Waals surface area contributed by atoms with Crippen molar-refractivity contribution in [3.05, 3.63) is 68.7 Å². The van der Waals surface area contributed by atoms with Crippen LogP contribution in [0, 0.1) is 10.1 Å². The van der Waals surface area contributed by atoms with Crippen LogP contribution in [0.4, 0.5) is 11.4 Å². The number of nitro groups is 1. The lowest BCUT2D eigenvalue weighted by Crippen LogP contribution is -2.32. The van der Waals surface area contributed by atoms with E-state index in [0.29, 0.717) is 11.1 Å². The number of imide groups is 1. The van der Waals surface area contributed by atoms with Gasteiger partial charge in [-0.2, -0.15) is 0 Å². The summed E-state index contributed by atoms with van der Waals surface area (Å²) in [7, 11) is 0. The molecule has 26 heavy (non-hydrogen) atoms. The molecule has 0 aromatic heterocycles. The molecule has 0 saturated carbocycles. The molecule has 1 N–H and O–H groups in total. The smallest absolute Gasteiger partial charge is 0.271 e. The minimum Gasteiger partial charge on any atom is -0.325 e. The number of nitrogens with zero attached hydrogens (tertiary/aromatic N) is 2.